The van der Waals surface area contributed by atoms with Crippen molar-refractivity contribution in [2.24, 2.45) is 0 Å². The van der Waals surface area contributed by atoms with E-state index in [0.29, 0.717) is 10.7 Å². The monoisotopic (exact) mass is 195 g/mol. The Morgan fingerprint density at radius 2 is 2.18 bits per heavy atom. The molecule has 4 heteroatoms. The van der Waals surface area contributed by atoms with E-state index in [1.165, 1.54) is 6.07 Å². The van der Waals surface area contributed by atoms with Crippen LogP contribution in [0.2, 0.25) is 5.02 Å². The van der Waals surface area contributed by atoms with Gasteiger partial charge in [0, 0.05) is 10.7 Å². The Bertz CT molecular complexity index is 220. The standard InChI is InChI=1S/C7H7ClFN.ClH/c1-5-2-6(8)3-7(4-9)10-5;/h2-3H,4H2,1H3;1H. The first-order valence-corrected chi connectivity index (χ1v) is 3.29. The molecule has 0 aliphatic carbocycles. The molecule has 0 spiro atoms. The number of aryl methyl sites for hydroxylation is 1. The van der Waals surface area contributed by atoms with Crippen LogP contribution in [-0.4, -0.2) is 4.98 Å². The van der Waals surface area contributed by atoms with Crippen molar-refractivity contribution in [3.63, 3.8) is 0 Å². The van der Waals surface area contributed by atoms with Crippen LogP contribution in [0.25, 0.3) is 0 Å². The van der Waals surface area contributed by atoms with Gasteiger partial charge < -0.3 is 0 Å². The highest BCUT2D eigenvalue weighted by atomic mass is 35.5. The van der Waals surface area contributed by atoms with Gasteiger partial charge in [-0.2, -0.15) is 0 Å². The minimum atomic E-state index is -0.554. The van der Waals surface area contributed by atoms with Gasteiger partial charge in [-0.3, -0.25) is 4.98 Å². The molecular formula is C7H8Cl2FN. The number of halogens is 3. The Morgan fingerprint density at radius 3 is 2.64 bits per heavy atom. The fourth-order valence-electron chi connectivity index (χ4n) is 0.760. The molecule has 0 fully saturated rings. The third kappa shape index (κ3) is 3.04. The van der Waals surface area contributed by atoms with Crippen molar-refractivity contribution < 1.29 is 4.39 Å². The summed E-state index contributed by atoms with van der Waals surface area (Å²) in [6, 6.07) is 3.22. The fraction of sp³-hybridized carbons (Fsp3) is 0.286. The summed E-state index contributed by atoms with van der Waals surface area (Å²) in [7, 11) is 0. The smallest absolute Gasteiger partial charge is 0.131 e. The molecular weight excluding hydrogens is 188 g/mol. The molecule has 0 atom stereocenters. The molecule has 11 heavy (non-hydrogen) atoms. The summed E-state index contributed by atoms with van der Waals surface area (Å²) in [5, 5.41) is 0.542. The first kappa shape index (κ1) is 10.7. The highest BCUT2D eigenvalue weighted by Gasteiger charge is 1.96. The maximum absolute atomic E-state index is 12.0. The first-order chi connectivity index (χ1) is 4.72. The number of nitrogens with zero attached hydrogens (tertiary/aromatic N) is 1. The van der Waals surface area contributed by atoms with Gasteiger partial charge in [-0.15, -0.1) is 12.4 Å². The summed E-state index contributed by atoms with van der Waals surface area (Å²) < 4.78 is 12.0. The highest BCUT2D eigenvalue weighted by Crippen LogP contribution is 2.11. The second-order valence-corrected chi connectivity index (χ2v) is 2.49. The lowest BCUT2D eigenvalue weighted by Gasteiger charge is -1.96. The summed E-state index contributed by atoms with van der Waals surface area (Å²) in [5.74, 6) is 0. The van der Waals surface area contributed by atoms with Crippen molar-refractivity contribution >= 4 is 24.0 Å². The van der Waals surface area contributed by atoms with Gasteiger partial charge in [0.15, 0.2) is 0 Å². The van der Waals surface area contributed by atoms with Crippen LogP contribution in [0.1, 0.15) is 11.4 Å². The molecule has 1 aromatic rings. The Hall–Kier alpha value is -0.340. The average Bonchev–Trinajstić information content (AvgIpc) is 1.85. The molecule has 0 N–H and O–H groups in total. The Morgan fingerprint density at radius 1 is 1.55 bits per heavy atom. The molecule has 0 unspecified atom stereocenters. The number of hydrogen-bond acceptors (Lipinski definition) is 1. The van der Waals surface area contributed by atoms with Crippen molar-refractivity contribution in [2.75, 3.05) is 0 Å². The van der Waals surface area contributed by atoms with E-state index in [1.807, 2.05) is 0 Å². The Kier molecular flexibility index (Phi) is 4.38. The van der Waals surface area contributed by atoms with Crippen LogP contribution >= 0.6 is 24.0 Å². The van der Waals surface area contributed by atoms with Crippen LogP contribution in [0, 0.1) is 6.92 Å². The molecule has 1 heterocycles. The first-order valence-electron chi connectivity index (χ1n) is 2.91. The number of alkyl halides is 1. The lowest BCUT2D eigenvalue weighted by Crippen LogP contribution is -1.87. The molecule has 1 aromatic heterocycles. The Balaban J connectivity index is 0.000001000. The summed E-state index contributed by atoms with van der Waals surface area (Å²) in [4.78, 5) is 3.89. The third-order valence-electron chi connectivity index (χ3n) is 1.11. The minimum Gasteiger partial charge on any atom is -0.255 e. The largest absolute Gasteiger partial charge is 0.255 e. The highest BCUT2D eigenvalue weighted by molar-refractivity contribution is 6.30. The summed E-state index contributed by atoms with van der Waals surface area (Å²) in [6.45, 7) is 1.23. The van der Waals surface area contributed by atoms with Crippen molar-refractivity contribution in [3.8, 4) is 0 Å². The fourth-order valence-corrected chi connectivity index (χ4v) is 1.04. The predicted molar refractivity (Wildman–Crippen MR) is 46.0 cm³/mol. The van der Waals surface area contributed by atoms with E-state index < -0.39 is 6.67 Å². The van der Waals surface area contributed by atoms with E-state index in [-0.39, 0.29) is 12.4 Å². The Labute approximate surface area is 76.0 Å². The normalized spacial score (nSPS) is 9.00. The van der Waals surface area contributed by atoms with Crippen LogP contribution in [-0.2, 0) is 6.67 Å². The lowest BCUT2D eigenvalue weighted by molar-refractivity contribution is 0.475. The van der Waals surface area contributed by atoms with E-state index in [9.17, 15) is 4.39 Å². The zero-order valence-corrected chi connectivity index (χ0v) is 7.55. The molecule has 1 rings (SSSR count). The molecule has 0 aliphatic rings. The van der Waals surface area contributed by atoms with Crippen LogP contribution in [0.3, 0.4) is 0 Å². The molecule has 0 aliphatic heterocycles. The van der Waals surface area contributed by atoms with E-state index in [4.69, 9.17) is 11.6 Å². The van der Waals surface area contributed by atoms with Crippen molar-refractivity contribution in [1.82, 2.24) is 4.98 Å². The maximum atomic E-state index is 12.0. The molecule has 0 radical (unpaired) electrons. The van der Waals surface area contributed by atoms with E-state index >= 15 is 0 Å². The topological polar surface area (TPSA) is 12.9 Å². The SMILES string of the molecule is Cc1cc(Cl)cc(CF)n1.Cl. The van der Waals surface area contributed by atoms with Crippen LogP contribution in [0.5, 0.6) is 0 Å². The molecule has 0 aromatic carbocycles. The predicted octanol–water partition coefficient (Wildman–Crippen LogP) is 2.93. The van der Waals surface area contributed by atoms with Crippen LogP contribution in [0.15, 0.2) is 12.1 Å². The van der Waals surface area contributed by atoms with Gasteiger partial charge in [-0.25, -0.2) is 4.39 Å². The quantitative estimate of drug-likeness (QED) is 0.672. The second kappa shape index (κ2) is 4.52. The molecule has 0 amide bonds. The average molecular weight is 196 g/mol. The second-order valence-electron chi connectivity index (χ2n) is 2.05. The van der Waals surface area contributed by atoms with Gasteiger partial charge in [0.1, 0.15) is 6.67 Å². The van der Waals surface area contributed by atoms with E-state index in [2.05, 4.69) is 4.98 Å². The number of pyridine rings is 1. The third-order valence-corrected chi connectivity index (χ3v) is 1.33. The van der Waals surface area contributed by atoms with Gasteiger partial charge in [-0.05, 0) is 19.1 Å². The lowest BCUT2D eigenvalue weighted by atomic mass is 10.3. The van der Waals surface area contributed by atoms with Crippen molar-refractivity contribution in [1.29, 1.82) is 0 Å². The van der Waals surface area contributed by atoms with Gasteiger partial charge in [-0.1, -0.05) is 11.6 Å². The van der Waals surface area contributed by atoms with Crippen molar-refractivity contribution in [2.45, 2.75) is 13.6 Å². The number of hydrogen-bond donors (Lipinski definition) is 0. The summed E-state index contributed by atoms with van der Waals surface area (Å²) >= 11 is 5.62. The van der Waals surface area contributed by atoms with Gasteiger partial charge >= 0.3 is 0 Å². The molecule has 1 nitrogen and oxygen atoms in total. The summed E-state index contributed by atoms with van der Waals surface area (Å²) in [6.07, 6.45) is 0. The molecule has 0 saturated heterocycles. The molecule has 62 valence electrons. The van der Waals surface area contributed by atoms with Crippen LogP contribution in [0.4, 0.5) is 4.39 Å². The maximum Gasteiger partial charge on any atom is 0.131 e. The van der Waals surface area contributed by atoms with Gasteiger partial charge in [0.05, 0.1) is 5.69 Å². The summed E-state index contributed by atoms with van der Waals surface area (Å²) in [5.41, 5.74) is 1.14. The van der Waals surface area contributed by atoms with E-state index in [0.717, 1.165) is 5.69 Å². The zero-order valence-electron chi connectivity index (χ0n) is 5.97. The number of rotatable bonds is 1. The van der Waals surface area contributed by atoms with Gasteiger partial charge in [0.25, 0.3) is 0 Å². The molecule has 0 bridgehead atoms. The van der Waals surface area contributed by atoms with Crippen molar-refractivity contribution in [3.05, 3.63) is 28.5 Å². The zero-order chi connectivity index (χ0) is 7.56. The van der Waals surface area contributed by atoms with Crippen LogP contribution < -0.4 is 0 Å². The van der Waals surface area contributed by atoms with E-state index in [1.54, 1.807) is 13.0 Å². The van der Waals surface area contributed by atoms with Gasteiger partial charge in [0.2, 0.25) is 0 Å². The number of aromatic nitrogens is 1. The minimum absolute atomic E-state index is 0. The molecule has 0 saturated carbocycles.